The first kappa shape index (κ1) is 17.8. The summed E-state index contributed by atoms with van der Waals surface area (Å²) in [4.78, 5) is 28.5. The summed E-state index contributed by atoms with van der Waals surface area (Å²) in [5, 5.41) is 0.639. The van der Waals surface area contributed by atoms with Crippen molar-refractivity contribution in [3.63, 3.8) is 0 Å². The maximum absolute atomic E-state index is 12.9. The van der Waals surface area contributed by atoms with E-state index in [1.165, 1.54) is 16.7 Å². The molecular formula is C20H18ClNO2S. The van der Waals surface area contributed by atoms with Crippen molar-refractivity contribution >= 4 is 40.8 Å². The average Bonchev–Trinajstić information content (AvgIpc) is 2.86. The van der Waals surface area contributed by atoms with E-state index in [4.69, 9.17) is 11.6 Å². The summed E-state index contributed by atoms with van der Waals surface area (Å²) < 4.78 is 0. The van der Waals surface area contributed by atoms with Gasteiger partial charge < -0.3 is 0 Å². The van der Waals surface area contributed by atoms with E-state index in [1.807, 2.05) is 49.4 Å². The van der Waals surface area contributed by atoms with E-state index in [-0.39, 0.29) is 11.8 Å². The Morgan fingerprint density at radius 1 is 0.960 bits per heavy atom. The molecule has 128 valence electrons. The number of nitrogens with zero attached hydrogens (tertiary/aromatic N) is 1. The van der Waals surface area contributed by atoms with Gasteiger partial charge in [-0.2, -0.15) is 0 Å². The van der Waals surface area contributed by atoms with Crippen LogP contribution in [0.25, 0.3) is 5.57 Å². The fraction of sp³-hybridized carbons (Fsp3) is 0.200. The lowest BCUT2D eigenvalue weighted by Gasteiger charge is -2.14. The lowest BCUT2D eigenvalue weighted by Crippen LogP contribution is -2.32. The maximum atomic E-state index is 12.9. The molecule has 0 unspecified atom stereocenters. The summed E-state index contributed by atoms with van der Waals surface area (Å²) in [7, 11) is 0. The predicted molar refractivity (Wildman–Crippen MR) is 102 cm³/mol. The summed E-state index contributed by atoms with van der Waals surface area (Å²) in [6.45, 7) is 2.50. The van der Waals surface area contributed by atoms with E-state index in [0.717, 1.165) is 23.3 Å². The third-order valence-electron chi connectivity index (χ3n) is 3.96. The molecule has 0 saturated carbocycles. The van der Waals surface area contributed by atoms with Crippen molar-refractivity contribution in [1.29, 1.82) is 0 Å². The lowest BCUT2D eigenvalue weighted by atomic mass is 10.1. The summed E-state index contributed by atoms with van der Waals surface area (Å²) in [6, 6.07) is 16.7. The standard InChI is InChI=1S/C20H18ClNO2S/c1-2-3-13-22-19(23)17(14-7-5-4-6-8-14)18(20(22)24)25-16-11-9-15(21)10-12-16/h4-12H,2-3,13H2,1H3. The molecule has 1 aliphatic heterocycles. The van der Waals surface area contributed by atoms with Crippen LogP contribution in [0.5, 0.6) is 0 Å². The number of rotatable bonds is 6. The molecule has 0 spiro atoms. The third-order valence-corrected chi connectivity index (χ3v) is 5.30. The molecule has 3 rings (SSSR count). The first-order valence-electron chi connectivity index (χ1n) is 8.21. The summed E-state index contributed by atoms with van der Waals surface area (Å²) >= 11 is 7.26. The van der Waals surface area contributed by atoms with Gasteiger partial charge in [-0.3, -0.25) is 14.5 Å². The van der Waals surface area contributed by atoms with Gasteiger partial charge in [-0.25, -0.2) is 0 Å². The molecular weight excluding hydrogens is 354 g/mol. The van der Waals surface area contributed by atoms with Gasteiger partial charge in [0, 0.05) is 16.5 Å². The minimum absolute atomic E-state index is 0.207. The highest BCUT2D eigenvalue weighted by Crippen LogP contribution is 2.39. The molecule has 5 heteroatoms. The van der Waals surface area contributed by atoms with Crippen molar-refractivity contribution in [2.24, 2.45) is 0 Å². The number of hydrogen-bond donors (Lipinski definition) is 0. The molecule has 0 bridgehead atoms. The molecule has 25 heavy (non-hydrogen) atoms. The number of halogens is 1. The maximum Gasteiger partial charge on any atom is 0.268 e. The topological polar surface area (TPSA) is 37.4 Å². The normalized spacial score (nSPS) is 14.6. The lowest BCUT2D eigenvalue weighted by molar-refractivity contribution is -0.136. The van der Waals surface area contributed by atoms with Gasteiger partial charge in [0.1, 0.15) is 0 Å². The van der Waals surface area contributed by atoms with Crippen LogP contribution in [0.1, 0.15) is 25.3 Å². The van der Waals surface area contributed by atoms with Crippen LogP contribution in [0, 0.1) is 0 Å². The van der Waals surface area contributed by atoms with Crippen molar-refractivity contribution in [2.45, 2.75) is 24.7 Å². The Morgan fingerprint density at radius 3 is 2.28 bits per heavy atom. The zero-order chi connectivity index (χ0) is 17.8. The molecule has 0 radical (unpaired) electrons. The quantitative estimate of drug-likeness (QED) is 0.669. The van der Waals surface area contributed by atoms with Crippen molar-refractivity contribution in [2.75, 3.05) is 6.54 Å². The highest BCUT2D eigenvalue weighted by molar-refractivity contribution is 8.04. The summed E-state index contributed by atoms with van der Waals surface area (Å²) in [5.74, 6) is -0.418. The molecule has 0 atom stereocenters. The van der Waals surface area contributed by atoms with E-state index in [9.17, 15) is 9.59 Å². The molecule has 3 nitrogen and oxygen atoms in total. The van der Waals surface area contributed by atoms with E-state index in [0.29, 0.717) is 22.0 Å². The van der Waals surface area contributed by atoms with Crippen LogP contribution in [-0.4, -0.2) is 23.3 Å². The predicted octanol–water partition coefficient (Wildman–Crippen LogP) is 5.01. The Hall–Kier alpha value is -2.04. The van der Waals surface area contributed by atoms with Crippen LogP contribution >= 0.6 is 23.4 Å². The first-order valence-corrected chi connectivity index (χ1v) is 9.40. The Balaban J connectivity index is 2.00. The minimum atomic E-state index is -0.211. The Kier molecular flexibility index (Phi) is 5.61. The van der Waals surface area contributed by atoms with Crippen LogP contribution in [-0.2, 0) is 9.59 Å². The van der Waals surface area contributed by atoms with Crippen molar-refractivity contribution < 1.29 is 9.59 Å². The summed E-state index contributed by atoms with van der Waals surface area (Å²) in [5.41, 5.74) is 1.26. The number of hydrogen-bond acceptors (Lipinski definition) is 3. The van der Waals surface area contributed by atoms with Gasteiger partial charge in [0.05, 0.1) is 10.5 Å². The van der Waals surface area contributed by atoms with Gasteiger partial charge >= 0.3 is 0 Å². The highest BCUT2D eigenvalue weighted by Gasteiger charge is 2.38. The van der Waals surface area contributed by atoms with Crippen molar-refractivity contribution in [1.82, 2.24) is 4.90 Å². The second-order valence-electron chi connectivity index (χ2n) is 5.74. The second kappa shape index (κ2) is 7.89. The summed E-state index contributed by atoms with van der Waals surface area (Å²) in [6.07, 6.45) is 1.73. The number of carbonyl (C=O) groups excluding carboxylic acids is 2. The zero-order valence-electron chi connectivity index (χ0n) is 13.9. The van der Waals surface area contributed by atoms with Gasteiger partial charge in [-0.1, -0.05) is 67.0 Å². The molecule has 2 aromatic carbocycles. The van der Waals surface area contributed by atoms with Crippen LogP contribution < -0.4 is 0 Å². The molecule has 1 aliphatic rings. The fourth-order valence-corrected chi connectivity index (χ4v) is 3.79. The van der Waals surface area contributed by atoms with Gasteiger partial charge in [-0.15, -0.1) is 0 Å². The molecule has 0 saturated heterocycles. The number of benzene rings is 2. The fourth-order valence-electron chi connectivity index (χ4n) is 2.65. The van der Waals surface area contributed by atoms with E-state index >= 15 is 0 Å². The van der Waals surface area contributed by atoms with E-state index in [2.05, 4.69) is 0 Å². The van der Waals surface area contributed by atoms with Gasteiger partial charge in [0.25, 0.3) is 11.8 Å². The monoisotopic (exact) mass is 371 g/mol. The second-order valence-corrected chi connectivity index (χ2v) is 7.26. The molecule has 0 aromatic heterocycles. The minimum Gasteiger partial charge on any atom is -0.274 e. The van der Waals surface area contributed by atoms with Crippen LogP contribution in [0.4, 0.5) is 0 Å². The van der Waals surface area contributed by atoms with E-state index in [1.54, 1.807) is 12.1 Å². The SMILES string of the molecule is CCCCN1C(=O)C(Sc2ccc(Cl)cc2)=C(c2ccccc2)C1=O. The molecule has 0 fully saturated rings. The van der Waals surface area contributed by atoms with Crippen molar-refractivity contribution in [3.8, 4) is 0 Å². The largest absolute Gasteiger partial charge is 0.274 e. The smallest absolute Gasteiger partial charge is 0.268 e. The van der Waals surface area contributed by atoms with Crippen LogP contribution in [0.2, 0.25) is 5.02 Å². The van der Waals surface area contributed by atoms with Gasteiger partial charge in [0.2, 0.25) is 0 Å². The molecule has 0 N–H and O–H groups in total. The number of unbranched alkanes of at least 4 members (excludes halogenated alkanes) is 1. The van der Waals surface area contributed by atoms with Crippen LogP contribution in [0.15, 0.2) is 64.4 Å². The third kappa shape index (κ3) is 3.80. The van der Waals surface area contributed by atoms with E-state index < -0.39 is 0 Å². The molecule has 1 heterocycles. The average molecular weight is 372 g/mol. The Bertz CT molecular complexity index is 815. The molecule has 2 amide bonds. The van der Waals surface area contributed by atoms with Gasteiger partial charge in [-0.05, 0) is 36.2 Å². The van der Waals surface area contributed by atoms with Gasteiger partial charge in [0.15, 0.2) is 0 Å². The molecule has 2 aromatic rings. The number of imide groups is 1. The number of amides is 2. The first-order chi connectivity index (χ1) is 12.1. The highest BCUT2D eigenvalue weighted by atomic mass is 35.5. The van der Waals surface area contributed by atoms with Crippen LogP contribution in [0.3, 0.4) is 0 Å². The number of carbonyl (C=O) groups is 2. The Morgan fingerprint density at radius 2 is 1.64 bits per heavy atom. The van der Waals surface area contributed by atoms with Crippen molar-refractivity contribution in [3.05, 3.63) is 70.1 Å². The number of thioether (sulfide) groups is 1. The Labute approximate surface area is 156 Å². The zero-order valence-corrected chi connectivity index (χ0v) is 15.4. The molecule has 0 aliphatic carbocycles.